The Labute approximate surface area is 129 Å². The summed E-state index contributed by atoms with van der Waals surface area (Å²) in [6.07, 6.45) is 0. The normalized spacial score (nSPS) is 11.5. The minimum absolute atomic E-state index is 0.347. The van der Waals surface area contributed by atoms with Crippen LogP contribution in [-0.2, 0) is 6.54 Å². The largest absolute Gasteiger partial charge is 0.352 e. The number of aryl methyl sites for hydroxylation is 2. The van der Waals surface area contributed by atoms with Gasteiger partial charge in [0.05, 0.1) is 12.2 Å². The molecule has 0 aliphatic carbocycles. The molecular weight excluding hydrogens is 280 g/mol. The van der Waals surface area contributed by atoms with E-state index in [0.717, 1.165) is 22.9 Å². The van der Waals surface area contributed by atoms with Crippen molar-refractivity contribution < 1.29 is 4.52 Å². The topological polar surface area (TPSA) is 72.4 Å². The van der Waals surface area contributed by atoms with Crippen molar-refractivity contribution in [2.24, 2.45) is 0 Å². The molecule has 3 rings (SSSR count). The average Bonchev–Trinajstić information content (AvgIpc) is 3.01. The molecule has 0 saturated heterocycles. The summed E-state index contributed by atoms with van der Waals surface area (Å²) in [6, 6.07) is 4.05. The molecule has 0 aromatic carbocycles. The molecule has 0 aliphatic rings. The number of hydrogen-bond acceptors (Lipinski definition) is 6. The first-order valence-electron chi connectivity index (χ1n) is 7.31. The Morgan fingerprint density at radius 2 is 2.00 bits per heavy atom. The Kier molecular flexibility index (Phi) is 3.56. The van der Waals surface area contributed by atoms with E-state index in [1.807, 2.05) is 24.6 Å². The van der Waals surface area contributed by atoms with Gasteiger partial charge in [-0.3, -0.25) is 0 Å². The summed E-state index contributed by atoms with van der Waals surface area (Å²) in [4.78, 5) is 11.0. The molecule has 3 aromatic rings. The van der Waals surface area contributed by atoms with Crippen LogP contribution in [0.25, 0.3) is 5.65 Å². The van der Waals surface area contributed by atoms with Gasteiger partial charge in [-0.2, -0.15) is 14.6 Å². The maximum atomic E-state index is 5.03. The number of nitrogens with zero attached hydrogens (tertiary/aromatic N) is 6. The van der Waals surface area contributed by atoms with Crippen molar-refractivity contribution in [3.8, 4) is 0 Å². The fraction of sp³-hybridized carbons (Fsp3) is 0.467. The van der Waals surface area contributed by atoms with Crippen LogP contribution in [0.2, 0.25) is 0 Å². The van der Waals surface area contributed by atoms with Crippen LogP contribution in [0.5, 0.6) is 0 Å². The summed E-state index contributed by atoms with van der Waals surface area (Å²) in [5, 5.41) is 8.48. The molecule has 116 valence electrons. The summed E-state index contributed by atoms with van der Waals surface area (Å²) in [5.74, 6) is 2.53. The van der Waals surface area contributed by atoms with Gasteiger partial charge in [0.15, 0.2) is 11.5 Å². The monoisotopic (exact) mass is 300 g/mol. The Bertz CT molecular complexity index is 804. The van der Waals surface area contributed by atoms with Gasteiger partial charge in [0.25, 0.3) is 0 Å². The van der Waals surface area contributed by atoms with Crippen molar-refractivity contribution in [2.45, 2.75) is 40.2 Å². The summed E-state index contributed by atoms with van der Waals surface area (Å²) < 4.78 is 6.89. The van der Waals surface area contributed by atoms with Gasteiger partial charge >= 0.3 is 0 Å². The van der Waals surface area contributed by atoms with Gasteiger partial charge in [0, 0.05) is 31.8 Å². The number of hydrogen-bond donors (Lipinski definition) is 0. The fourth-order valence-electron chi connectivity index (χ4n) is 2.36. The molecule has 0 spiro atoms. The molecule has 0 fully saturated rings. The van der Waals surface area contributed by atoms with E-state index in [9.17, 15) is 0 Å². The predicted molar refractivity (Wildman–Crippen MR) is 83.0 cm³/mol. The lowest BCUT2D eigenvalue weighted by molar-refractivity contribution is 0.387. The Morgan fingerprint density at radius 3 is 2.64 bits per heavy atom. The van der Waals surface area contributed by atoms with Crippen LogP contribution in [0.15, 0.2) is 16.7 Å². The summed E-state index contributed by atoms with van der Waals surface area (Å²) in [7, 11) is 1.99. The zero-order valence-electron chi connectivity index (χ0n) is 13.5. The van der Waals surface area contributed by atoms with Crippen LogP contribution in [0.1, 0.15) is 42.9 Å². The van der Waals surface area contributed by atoms with Gasteiger partial charge in [0.1, 0.15) is 5.82 Å². The summed E-state index contributed by atoms with van der Waals surface area (Å²) in [6.45, 7) is 8.57. The highest BCUT2D eigenvalue weighted by Crippen LogP contribution is 2.22. The zero-order valence-corrected chi connectivity index (χ0v) is 13.5. The van der Waals surface area contributed by atoms with Crippen molar-refractivity contribution in [3.05, 3.63) is 35.2 Å². The molecule has 0 N–H and O–H groups in total. The second kappa shape index (κ2) is 5.40. The van der Waals surface area contributed by atoms with Crippen molar-refractivity contribution in [1.29, 1.82) is 0 Å². The minimum atomic E-state index is 0.347. The summed E-state index contributed by atoms with van der Waals surface area (Å²) >= 11 is 0. The average molecular weight is 300 g/mol. The van der Waals surface area contributed by atoms with E-state index in [-0.39, 0.29) is 0 Å². The van der Waals surface area contributed by atoms with E-state index < -0.39 is 0 Å². The van der Waals surface area contributed by atoms with E-state index >= 15 is 0 Å². The van der Waals surface area contributed by atoms with Crippen molar-refractivity contribution in [1.82, 2.24) is 24.7 Å². The third kappa shape index (κ3) is 2.66. The quantitative estimate of drug-likeness (QED) is 0.737. The van der Waals surface area contributed by atoms with Crippen LogP contribution in [-0.4, -0.2) is 31.8 Å². The first-order chi connectivity index (χ1) is 10.4. The van der Waals surface area contributed by atoms with E-state index in [1.54, 1.807) is 6.92 Å². The first-order valence-corrected chi connectivity index (χ1v) is 7.31. The van der Waals surface area contributed by atoms with Gasteiger partial charge < -0.3 is 9.42 Å². The van der Waals surface area contributed by atoms with E-state index in [2.05, 4.69) is 45.0 Å². The highest BCUT2D eigenvalue weighted by molar-refractivity contribution is 5.52. The molecule has 0 radical (unpaired) electrons. The second-order valence-corrected chi connectivity index (χ2v) is 5.84. The van der Waals surface area contributed by atoms with Crippen LogP contribution < -0.4 is 4.90 Å². The maximum absolute atomic E-state index is 5.03. The number of rotatable bonds is 4. The lowest BCUT2D eigenvalue weighted by atomic mass is 10.1. The maximum Gasteiger partial charge on any atom is 0.223 e. The predicted octanol–water partition coefficient (Wildman–Crippen LogP) is 2.49. The molecule has 0 atom stereocenters. The van der Waals surface area contributed by atoms with Crippen molar-refractivity contribution in [2.75, 3.05) is 11.9 Å². The molecule has 3 heterocycles. The molecule has 0 unspecified atom stereocenters. The lowest BCUT2D eigenvalue weighted by Crippen LogP contribution is -2.21. The molecule has 0 saturated carbocycles. The Hall–Kier alpha value is -2.44. The molecule has 7 heteroatoms. The molecular formula is C15H20N6O. The lowest BCUT2D eigenvalue weighted by Gasteiger charge is -2.19. The molecule has 0 amide bonds. The highest BCUT2D eigenvalue weighted by Gasteiger charge is 2.15. The van der Waals surface area contributed by atoms with Gasteiger partial charge in [-0.25, -0.2) is 4.98 Å². The zero-order chi connectivity index (χ0) is 15.9. The van der Waals surface area contributed by atoms with Crippen LogP contribution in [0, 0.1) is 13.8 Å². The smallest absolute Gasteiger partial charge is 0.223 e. The molecule has 7 nitrogen and oxygen atoms in total. The Morgan fingerprint density at radius 1 is 1.23 bits per heavy atom. The van der Waals surface area contributed by atoms with Crippen molar-refractivity contribution >= 4 is 11.5 Å². The summed E-state index contributed by atoms with van der Waals surface area (Å²) in [5.41, 5.74) is 2.84. The minimum Gasteiger partial charge on any atom is -0.352 e. The number of anilines is 1. The van der Waals surface area contributed by atoms with Gasteiger partial charge in [-0.15, -0.1) is 0 Å². The molecule has 0 bridgehead atoms. The Balaban J connectivity index is 2.03. The van der Waals surface area contributed by atoms with Gasteiger partial charge in [0.2, 0.25) is 5.89 Å². The molecule has 22 heavy (non-hydrogen) atoms. The second-order valence-electron chi connectivity index (χ2n) is 5.84. The van der Waals surface area contributed by atoms with Gasteiger partial charge in [-0.1, -0.05) is 19.0 Å². The van der Waals surface area contributed by atoms with Crippen LogP contribution >= 0.6 is 0 Å². The van der Waals surface area contributed by atoms with E-state index in [4.69, 9.17) is 4.52 Å². The number of fused-ring (bicyclic) bond motifs is 1. The molecule has 0 aliphatic heterocycles. The third-order valence-electron chi connectivity index (χ3n) is 3.48. The third-order valence-corrected chi connectivity index (χ3v) is 3.48. The molecule has 3 aromatic heterocycles. The number of aromatic nitrogens is 5. The first kappa shape index (κ1) is 14.5. The van der Waals surface area contributed by atoms with Crippen LogP contribution in [0.3, 0.4) is 0 Å². The SMILES string of the molecule is Cc1cc2nc(C(C)C)cc(N(C)Cc3noc(C)n3)n2n1. The highest BCUT2D eigenvalue weighted by atomic mass is 16.5. The standard InChI is InChI=1S/C15H20N6O/c1-9(2)12-7-15(21-14(17-12)6-10(3)18-21)20(5)8-13-16-11(4)22-19-13/h6-7,9H,8H2,1-5H3. The van der Waals surface area contributed by atoms with Gasteiger partial charge in [-0.05, 0) is 12.8 Å². The van der Waals surface area contributed by atoms with Crippen LogP contribution in [0.4, 0.5) is 5.82 Å². The fourth-order valence-corrected chi connectivity index (χ4v) is 2.36. The van der Waals surface area contributed by atoms with Crippen molar-refractivity contribution in [3.63, 3.8) is 0 Å². The van der Waals surface area contributed by atoms with E-state index in [0.29, 0.717) is 24.2 Å². The van der Waals surface area contributed by atoms with E-state index in [1.165, 1.54) is 0 Å².